The van der Waals surface area contributed by atoms with Gasteiger partial charge in [-0.15, -0.1) is 11.8 Å². The average Bonchev–Trinajstić information content (AvgIpc) is 2.81. The fraction of sp³-hybridized carbons (Fsp3) is 0.154. The Balaban J connectivity index is 1.94. The molecule has 94 valence electrons. The third-order valence-electron chi connectivity index (χ3n) is 2.36. The molecule has 1 aromatic carbocycles. The summed E-state index contributed by atoms with van der Waals surface area (Å²) in [6, 6.07) is 7.87. The lowest BCUT2D eigenvalue weighted by Crippen LogP contribution is -2.00. The first kappa shape index (κ1) is 12.7. The van der Waals surface area contributed by atoms with Crippen molar-refractivity contribution in [2.45, 2.75) is 11.5 Å². The monoisotopic (exact) mass is 266 g/mol. The molecule has 1 aromatic heterocycles. The molecule has 0 radical (unpaired) electrons. The van der Waals surface area contributed by atoms with Gasteiger partial charge >= 0.3 is 5.97 Å². The maximum Gasteiger partial charge on any atom is 0.338 e. The maximum atomic E-state index is 13.4. The van der Waals surface area contributed by atoms with Crippen molar-refractivity contribution in [3.63, 3.8) is 0 Å². The Morgan fingerprint density at radius 2 is 2.17 bits per heavy atom. The van der Waals surface area contributed by atoms with Gasteiger partial charge in [-0.25, -0.2) is 9.18 Å². The van der Waals surface area contributed by atoms with E-state index in [0.717, 1.165) is 11.3 Å². The zero-order valence-corrected chi connectivity index (χ0v) is 10.2. The summed E-state index contributed by atoms with van der Waals surface area (Å²) >= 11 is 1.58. The molecule has 0 unspecified atom stereocenters. The number of hydrogen-bond acceptors (Lipinski definition) is 3. The second-order valence-corrected chi connectivity index (χ2v) is 4.68. The summed E-state index contributed by atoms with van der Waals surface area (Å²) in [7, 11) is 0. The van der Waals surface area contributed by atoms with E-state index in [1.165, 1.54) is 12.1 Å². The van der Waals surface area contributed by atoms with Crippen LogP contribution in [0.5, 0.6) is 0 Å². The molecular formula is C13H11FO3S. The van der Waals surface area contributed by atoms with Gasteiger partial charge < -0.3 is 9.52 Å². The number of furan rings is 1. The van der Waals surface area contributed by atoms with Gasteiger partial charge in [-0.1, -0.05) is 6.07 Å². The summed E-state index contributed by atoms with van der Waals surface area (Å²) in [5.74, 6) is 0.232. The van der Waals surface area contributed by atoms with Crippen LogP contribution < -0.4 is 0 Å². The van der Waals surface area contributed by atoms with E-state index in [9.17, 15) is 9.18 Å². The molecule has 18 heavy (non-hydrogen) atoms. The molecule has 1 heterocycles. The van der Waals surface area contributed by atoms with Crippen LogP contribution in [0.4, 0.5) is 4.39 Å². The van der Waals surface area contributed by atoms with Crippen molar-refractivity contribution in [2.75, 3.05) is 0 Å². The summed E-state index contributed by atoms with van der Waals surface area (Å²) < 4.78 is 18.6. The normalized spacial score (nSPS) is 10.5. The van der Waals surface area contributed by atoms with E-state index in [4.69, 9.17) is 9.52 Å². The van der Waals surface area contributed by atoms with Crippen molar-refractivity contribution in [3.05, 3.63) is 59.3 Å². The van der Waals surface area contributed by atoms with E-state index in [1.807, 2.05) is 12.1 Å². The van der Waals surface area contributed by atoms with Crippen molar-refractivity contribution in [2.24, 2.45) is 0 Å². The van der Waals surface area contributed by atoms with Gasteiger partial charge in [0.2, 0.25) is 0 Å². The van der Waals surface area contributed by atoms with Crippen LogP contribution in [0, 0.1) is 5.82 Å². The van der Waals surface area contributed by atoms with Crippen molar-refractivity contribution in [1.29, 1.82) is 0 Å². The first-order valence-corrected chi connectivity index (χ1v) is 6.44. The fourth-order valence-corrected chi connectivity index (χ4v) is 2.37. The molecule has 2 aromatic rings. The zero-order chi connectivity index (χ0) is 13.0. The number of benzene rings is 1. The highest BCUT2D eigenvalue weighted by Crippen LogP contribution is 2.19. The van der Waals surface area contributed by atoms with Crippen LogP contribution >= 0.6 is 11.8 Å². The first-order chi connectivity index (χ1) is 8.66. The number of aromatic carboxylic acids is 1. The number of rotatable bonds is 5. The number of carboxylic acids is 1. The van der Waals surface area contributed by atoms with Crippen molar-refractivity contribution < 1.29 is 18.7 Å². The predicted octanol–water partition coefficient (Wildman–Crippen LogP) is 3.55. The first-order valence-electron chi connectivity index (χ1n) is 5.28. The van der Waals surface area contributed by atoms with Crippen LogP contribution in [-0.4, -0.2) is 11.1 Å². The Kier molecular flexibility index (Phi) is 4.04. The Morgan fingerprint density at radius 3 is 2.78 bits per heavy atom. The van der Waals surface area contributed by atoms with E-state index >= 15 is 0 Å². The Labute approximate surface area is 108 Å². The largest absolute Gasteiger partial charge is 0.478 e. The SMILES string of the molecule is O=C(O)c1ccc(CSCc2ccco2)cc1F. The van der Waals surface area contributed by atoms with E-state index in [2.05, 4.69) is 0 Å². The fourth-order valence-electron chi connectivity index (χ4n) is 1.49. The molecule has 5 heteroatoms. The summed E-state index contributed by atoms with van der Waals surface area (Å²) in [5.41, 5.74) is 0.462. The van der Waals surface area contributed by atoms with Crippen LogP contribution in [0.15, 0.2) is 41.0 Å². The molecule has 1 N–H and O–H groups in total. The van der Waals surface area contributed by atoms with E-state index < -0.39 is 11.8 Å². The summed E-state index contributed by atoms with van der Waals surface area (Å²) in [6.45, 7) is 0. The molecule has 0 fully saturated rings. The predicted molar refractivity (Wildman–Crippen MR) is 67.1 cm³/mol. The molecule has 3 nitrogen and oxygen atoms in total. The van der Waals surface area contributed by atoms with E-state index in [0.29, 0.717) is 11.5 Å². The minimum Gasteiger partial charge on any atom is -0.478 e. The van der Waals surface area contributed by atoms with Crippen LogP contribution in [0.1, 0.15) is 21.7 Å². The Hall–Kier alpha value is -1.75. The van der Waals surface area contributed by atoms with Crippen LogP contribution in [0.2, 0.25) is 0 Å². The topological polar surface area (TPSA) is 50.4 Å². The summed E-state index contributed by atoms with van der Waals surface area (Å²) in [4.78, 5) is 10.6. The third kappa shape index (κ3) is 3.13. The molecule has 0 atom stereocenters. The Morgan fingerprint density at radius 1 is 1.33 bits per heavy atom. The molecule has 0 amide bonds. The molecule has 0 saturated heterocycles. The second kappa shape index (κ2) is 5.73. The van der Waals surface area contributed by atoms with Crippen LogP contribution in [0.25, 0.3) is 0 Å². The summed E-state index contributed by atoms with van der Waals surface area (Å²) in [5, 5.41) is 8.70. The standard InChI is InChI=1S/C13H11FO3S/c14-12-6-9(3-4-11(12)13(15)16)7-18-8-10-2-1-5-17-10/h1-6H,7-8H2,(H,15,16). The van der Waals surface area contributed by atoms with Gasteiger partial charge in [-0.2, -0.15) is 0 Å². The minimum atomic E-state index is -1.25. The zero-order valence-electron chi connectivity index (χ0n) is 9.43. The van der Waals surface area contributed by atoms with Gasteiger partial charge in [0.05, 0.1) is 17.6 Å². The molecule has 0 aliphatic rings. The minimum absolute atomic E-state index is 0.296. The van der Waals surface area contributed by atoms with Gasteiger partial charge in [-0.05, 0) is 29.8 Å². The maximum absolute atomic E-state index is 13.4. The number of hydrogen-bond donors (Lipinski definition) is 1. The molecule has 0 aliphatic heterocycles. The van der Waals surface area contributed by atoms with Crippen molar-refractivity contribution >= 4 is 17.7 Å². The molecule has 0 spiro atoms. The second-order valence-electron chi connectivity index (χ2n) is 3.69. The molecule has 2 rings (SSSR count). The summed E-state index contributed by atoms with van der Waals surface area (Å²) in [6.07, 6.45) is 1.61. The lowest BCUT2D eigenvalue weighted by Gasteiger charge is -2.03. The highest BCUT2D eigenvalue weighted by atomic mass is 32.2. The number of thioether (sulfide) groups is 1. The number of carboxylic acid groups (broad SMARTS) is 1. The van der Waals surface area contributed by atoms with Gasteiger partial charge in [0.15, 0.2) is 0 Å². The third-order valence-corrected chi connectivity index (χ3v) is 3.38. The van der Waals surface area contributed by atoms with Gasteiger partial charge in [0.1, 0.15) is 11.6 Å². The lowest BCUT2D eigenvalue weighted by atomic mass is 10.1. The van der Waals surface area contributed by atoms with Crippen LogP contribution in [-0.2, 0) is 11.5 Å². The molecule has 0 saturated carbocycles. The van der Waals surface area contributed by atoms with E-state index in [-0.39, 0.29) is 5.56 Å². The van der Waals surface area contributed by atoms with Gasteiger partial charge in [-0.3, -0.25) is 0 Å². The number of halogens is 1. The lowest BCUT2D eigenvalue weighted by molar-refractivity contribution is 0.0692. The van der Waals surface area contributed by atoms with Crippen molar-refractivity contribution in [3.8, 4) is 0 Å². The molecule has 0 bridgehead atoms. The van der Waals surface area contributed by atoms with Gasteiger partial charge in [0.25, 0.3) is 0 Å². The smallest absolute Gasteiger partial charge is 0.338 e. The Bertz CT molecular complexity index is 537. The molecular weight excluding hydrogens is 255 g/mol. The molecule has 0 aliphatic carbocycles. The van der Waals surface area contributed by atoms with Gasteiger partial charge in [0, 0.05) is 5.75 Å². The average molecular weight is 266 g/mol. The highest BCUT2D eigenvalue weighted by molar-refractivity contribution is 7.97. The highest BCUT2D eigenvalue weighted by Gasteiger charge is 2.10. The quantitative estimate of drug-likeness (QED) is 0.899. The van der Waals surface area contributed by atoms with Crippen LogP contribution in [0.3, 0.4) is 0 Å². The number of carbonyl (C=O) groups is 1. The van der Waals surface area contributed by atoms with E-state index in [1.54, 1.807) is 24.1 Å². The van der Waals surface area contributed by atoms with Crippen molar-refractivity contribution in [1.82, 2.24) is 0 Å².